The predicted octanol–water partition coefficient (Wildman–Crippen LogP) is 3.49. The summed E-state index contributed by atoms with van der Waals surface area (Å²) < 4.78 is 40.5. The molecule has 0 aliphatic carbocycles. The van der Waals surface area contributed by atoms with Gasteiger partial charge in [0.1, 0.15) is 5.82 Å². The minimum absolute atomic E-state index is 0.346. The molecule has 0 radical (unpaired) electrons. The van der Waals surface area contributed by atoms with Crippen molar-refractivity contribution in [3.63, 3.8) is 0 Å². The number of fused-ring (bicyclic) bond motifs is 3. The second-order valence-electron chi connectivity index (χ2n) is 5.25. The fourth-order valence-corrected chi connectivity index (χ4v) is 2.80. The zero-order chi connectivity index (χ0) is 16.6. The number of nitrogens with zero attached hydrogens (tertiary/aromatic N) is 4. The van der Waals surface area contributed by atoms with Crippen LogP contribution >= 0.6 is 0 Å². The molecule has 0 N–H and O–H groups in total. The summed E-state index contributed by atoms with van der Waals surface area (Å²) in [7, 11) is 1.68. The van der Waals surface area contributed by atoms with Gasteiger partial charge in [-0.2, -0.15) is 13.2 Å². The van der Waals surface area contributed by atoms with Crippen molar-refractivity contribution in [2.45, 2.75) is 25.9 Å². The van der Waals surface area contributed by atoms with Crippen LogP contribution in [0.25, 0.3) is 11.3 Å². The molecular weight excluding hydrogens is 305 g/mol. The van der Waals surface area contributed by atoms with E-state index in [-0.39, 0.29) is 0 Å². The molecule has 0 saturated carbocycles. The van der Waals surface area contributed by atoms with Gasteiger partial charge in [-0.15, -0.1) is 10.2 Å². The van der Waals surface area contributed by atoms with E-state index in [0.29, 0.717) is 24.4 Å². The SMILES string of the molecule is CC=C(C=NC)c1ccc2c(c1)CCc1nnc(C(F)(F)F)n1-2. The van der Waals surface area contributed by atoms with Gasteiger partial charge in [0.05, 0.1) is 5.69 Å². The van der Waals surface area contributed by atoms with Gasteiger partial charge in [-0.05, 0) is 42.2 Å². The summed E-state index contributed by atoms with van der Waals surface area (Å²) in [4.78, 5) is 4.00. The third-order valence-electron chi connectivity index (χ3n) is 3.83. The van der Waals surface area contributed by atoms with E-state index in [2.05, 4.69) is 15.2 Å². The number of aryl methyl sites for hydroxylation is 2. The van der Waals surface area contributed by atoms with Crippen molar-refractivity contribution >= 4 is 11.8 Å². The number of hydrogen-bond donors (Lipinski definition) is 0. The predicted molar refractivity (Wildman–Crippen MR) is 81.8 cm³/mol. The third-order valence-corrected chi connectivity index (χ3v) is 3.83. The third kappa shape index (κ3) is 2.67. The van der Waals surface area contributed by atoms with Gasteiger partial charge in [0, 0.05) is 19.7 Å². The van der Waals surface area contributed by atoms with E-state index >= 15 is 0 Å². The first kappa shape index (κ1) is 15.5. The van der Waals surface area contributed by atoms with Gasteiger partial charge in [0.25, 0.3) is 0 Å². The lowest BCUT2D eigenvalue weighted by atomic mass is 9.97. The van der Waals surface area contributed by atoms with E-state index in [1.165, 1.54) is 0 Å². The first-order valence-corrected chi connectivity index (χ1v) is 7.19. The van der Waals surface area contributed by atoms with E-state index in [0.717, 1.165) is 21.3 Å². The molecule has 2 heterocycles. The van der Waals surface area contributed by atoms with Crippen LogP contribution in [0.2, 0.25) is 0 Å². The fourth-order valence-electron chi connectivity index (χ4n) is 2.80. The van der Waals surface area contributed by atoms with Crippen molar-refractivity contribution < 1.29 is 13.2 Å². The van der Waals surface area contributed by atoms with Gasteiger partial charge in [-0.3, -0.25) is 9.56 Å². The maximum Gasteiger partial charge on any atom is 0.452 e. The zero-order valence-corrected chi connectivity index (χ0v) is 12.7. The van der Waals surface area contributed by atoms with Crippen LogP contribution < -0.4 is 0 Å². The summed E-state index contributed by atoms with van der Waals surface area (Å²) in [5.41, 5.74) is 3.21. The maximum atomic E-state index is 13.1. The lowest BCUT2D eigenvalue weighted by molar-refractivity contribution is -0.146. The molecule has 120 valence electrons. The van der Waals surface area contributed by atoms with Gasteiger partial charge < -0.3 is 0 Å². The molecule has 0 spiro atoms. The fraction of sp³-hybridized carbons (Fsp3) is 0.312. The van der Waals surface area contributed by atoms with Crippen LogP contribution in [0, 0.1) is 0 Å². The summed E-state index contributed by atoms with van der Waals surface area (Å²) in [5, 5.41) is 7.01. The summed E-state index contributed by atoms with van der Waals surface area (Å²) in [5.74, 6) is -0.624. The molecule has 2 aromatic rings. The number of allylic oxidation sites excluding steroid dienone is 2. The molecule has 0 bridgehead atoms. The maximum absolute atomic E-state index is 13.1. The van der Waals surface area contributed by atoms with Crippen molar-refractivity contribution in [1.29, 1.82) is 0 Å². The Labute approximate surface area is 131 Å². The van der Waals surface area contributed by atoms with Gasteiger partial charge in [-0.25, -0.2) is 0 Å². The molecule has 0 atom stereocenters. The van der Waals surface area contributed by atoms with E-state index in [9.17, 15) is 13.2 Å². The number of halogens is 3. The van der Waals surface area contributed by atoms with Gasteiger partial charge >= 0.3 is 6.18 Å². The number of alkyl halides is 3. The van der Waals surface area contributed by atoms with Gasteiger partial charge in [-0.1, -0.05) is 12.1 Å². The number of aromatic nitrogens is 3. The van der Waals surface area contributed by atoms with Crippen LogP contribution in [0.3, 0.4) is 0 Å². The second-order valence-corrected chi connectivity index (χ2v) is 5.25. The summed E-state index contributed by atoms with van der Waals surface area (Å²) in [6.45, 7) is 1.90. The summed E-state index contributed by atoms with van der Waals surface area (Å²) in [6, 6.07) is 5.40. The topological polar surface area (TPSA) is 43.1 Å². The highest BCUT2D eigenvalue weighted by Gasteiger charge is 2.40. The van der Waals surface area contributed by atoms with Crippen LogP contribution in [0.5, 0.6) is 0 Å². The number of hydrogen-bond acceptors (Lipinski definition) is 3. The molecular formula is C16H15F3N4. The Balaban J connectivity index is 2.13. The second kappa shape index (κ2) is 5.64. The van der Waals surface area contributed by atoms with Crippen LogP contribution in [0.1, 0.15) is 29.7 Å². The van der Waals surface area contributed by atoms with E-state index in [4.69, 9.17) is 0 Å². The van der Waals surface area contributed by atoms with Gasteiger partial charge in [0.15, 0.2) is 0 Å². The van der Waals surface area contributed by atoms with Crippen molar-refractivity contribution in [3.8, 4) is 5.69 Å². The average molecular weight is 320 g/mol. The molecule has 23 heavy (non-hydrogen) atoms. The highest BCUT2D eigenvalue weighted by molar-refractivity contribution is 6.09. The quantitative estimate of drug-likeness (QED) is 0.795. The molecule has 0 saturated heterocycles. The smallest absolute Gasteiger partial charge is 0.296 e. The highest BCUT2D eigenvalue weighted by atomic mass is 19.4. The number of rotatable bonds is 2. The molecule has 1 aliphatic heterocycles. The van der Waals surface area contributed by atoms with Crippen LogP contribution in [0.4, 0.5) is 13.2 Å². The lowest BCUT2D eigenvalue weighted by Gasteiger charge is -2.21. The first-order chi connectivity index (χ1) is 11.0. The minimum Gasteiger partial charge on any atom is -0.296 e. The Morgan fingerprint density at radius 1 is 1.26 bits per heavy atom. The Morgan fingerprint density at radius 3 is 2.70 bits per heavy atom. The lowest BCUT2D eigenvalue weighted by Crippen LogP contribution is -2.19. The molecule has 3 rings (SSSR count). The Kier molecular flexibility index (Phi) is 3.79. The van der Waals surface area contributed by atoms with E-state index in [1.807, 2.05) is 19.1 Å². The van der Waals surface area contributed by atoms with Crippen molar-refractivity contribution in [2.75, 3.05) is 7.05 Å². The molecule has 7 heteroatoms. The van der Waals surface area contributed by atoms with Crippen molar-refractivity contribution in [3.05, 3.63) is 47.1 Å². The largest absolute Gasteiger partial charge is 0.452 e. The van der Waals surface area contributed by atoms with Crippen LogP contribution in [0.15, 0.2) is 29.3 Å². The van der Waals surface area contributed by atoms with Crippen molar-refractivity contribution in [2.24, 2.45) is 4.99 Å². The first-order valence-electron chi connectivity index (χ1n) is 7.19. The van der Waals surface area contributed by atoms with Gasteiger partial charge in [0.2, 0.25) is 5.82 Å². The molecule has 0 fully saturated rings. The summed E-state index contributed by atoms with van der Waals surface area (Å²) in [6.07, 6.45) is 0.201. The van der Waals surface area contributed by atoms with Crippen molar-refractivity contribution in [1.82, 2.24) is 14.8 Å². The van der Waals surface area contributed by atoms with Crippen LogP contribution in [-0.2, 0) is 19.0 Å². The summed E-state index contributed by atoms with van der Waals surface area (Å²) >= 11 is 0. The van der Waals surface area contributed by atoms with E-state index in [1.54, 1.807) is 25.4 Å². The molecule has 1 aromatic heterocycles. The Hall–Kier alpha value is -2.44. The Bertz CT molecular complexity index is 800. The monoisotopic (exact) mass is 320 g/mol. The minimum atomic E-state index is -4.53. The number of aliphatic imine (C=N–C) groups is 1. The zero-order valence-electron chi connectivity index (χ0n) is 12.7. The van der Waals surface area contributed by atoms with Crippen LogP contribution in [-0.4, -0.2) is 28.0 Å². The standard InChI is InChI=1S/C16H15F3N4/c1-3-10(9-20-2)11-4-6-13-12(8-11)5-7-14-21-22-15(23(13)14)16(17,18)19/h3-4,6,8-9H,5,7H2,1-2H3. The van der Waals surface area contributed by atoms with E-state index < -0.39 is 12.0 Å². The normalized spacial score (nSPS) is 14.9. The molecule has 4 nitrogen and oxygen atoms in total. The molecule has 1 aromatic carbocycles. The average Bonchev–Trinajstić information content (AvgIpc) is 2.96. The highest BCUT2D eigenvalue weighted by Crippen LogP contribution is 2.34. The molecule has 0 unspecified atom stereocenters. The molecule has 1 aliphatic rings. The Morgan fingerprint density at radius 2 is 2.04 bits per heavy atom. The number of benzene rings is 1. The molecule has 0 amide bonds.